The highest BCUT2D eigenvalue weighted by Crippen LogP contribution is 2.33. The molecule has 0 spiro atoms. The van der Waals surface area contributed by atoms with Gasteiger partial charge in [-0.05, 0) is 75.0 Å². The molecule has 1 N–H and O–H groups in total. The van der Waals surface area contributed by atoms with Gasteiger partial charge in [0.15, 0.2) is 0 Å². The van der Waals surface area contributed by atoms with Crippen LogP contribution in [-0.2, 0) is 6.54 Å². The summed E-state index contributed by atoms with van der Waals surface area (Å²) in [7, 11) is 0. The fraction of sp³-hybridized carbons (Fsp3) is 0.519. The molecule has 0 aromatic heterocycles. The number of aryl methyl sites for hydroxylation is 1. The Morgan fingerprint density at radius 1 is 1.06 bits per heavy atom. The molecule has 2 aromatic carbocycles. The number of anilines is 1. The van der Waals surface area contributed by atoms with E-state index in [4.69, 9.17) is 22.9 Å². The maximum atomic E-state index is 11.1. The van der Waals surface area contributed by atoms with E-state index in [1.54, 1.807) is 6.07 Å². The molecule has 2 heterocycles. The zero-order chi connectivity index (χ0) is 23.3. The molecule has 176 valence electrons. The van der Waals surface area contributed by atoms with E-state index in [1.165, 1.54) is 37.9 Å². The maximum Gasteiger partial charge on any atom is 0.205 e. The SMILES string of the molecule is [C-]#[N+]c1ccc(N2CCC(O)(CCOc3ccc(CN4CCCCC4)cc3C)CC2)cc1Cl. The van der Waals surface area contributed by atoms with Crippen molar-refractivity contribution in [2.24, 2.45) is 0 Å². The first-order chi connectivity index (χ1) is 16.0. The predicted molar refractivity (Wildman–Crippen MR) is 135 cm³/mol. The molecule has 2 aliphatic rings. The van der Waals surface area contributed by atoms with Gasteiger partial charge in [0.25, 0.3) is 0 Å². The summed E-state index contributed by atoms with van der Waals surface area (Å²) in [4.78, 5) is 8.18. The van der Waals surface area contributed by atoms with Crippen molar-refractivity contribution in [3.8, 4) is 5.75 Å². The van der Waals surface area contributed by atoms with Crippen LogP contribution in [0.2, 0.25) is 5.02 Å². The number of rotatable bonds is 7. The Kier molecular flexibility index (Phi) is 7.80. The summed E-state index contributed by atoms with van der Waals surface area (Å²) in [5.41, 5.74) is 3.27. The lowest BCUT2D eigenvalue weighted by Gasteiger charge is -2.39. The normalized spacial score (nSPS) is 18.7. The fourth-order valence-electron chi connectivity index (χ4n) is 4.91. The van der Waals surface area contributed by atoms with Gasteiger partial charge < -0.3 is 14.7 Å². The molecule has 0 radical (unpaired) electrons. The highest BCUT2D eigenvalue weighted by atomic mass is 35.5. The molecule has 2 saturated heterocycles. The molecule has 0 atom stereocenters. The third kappa shape index (κ3) is 6.20. The number of ether oxygens (including phenoxy) is 1. The highest BCUT2D eigenvalue weighted by Gasteiger charge is 2.32. The molecule has 0 unspecified atom stereocenters. The maximum absolute atomic E-state index is 11.1. The zero-order valence-corrected chi connectivity index (χ0v) is 20.3. The summed E-state index contributed by atoms with van der Waals surface area (Å²) in [6.45, 7) is 14.7. The number of hydrogen-bond acceptors (Lipinski definition) is 4. The fourth-order valence-corrected chi connectivity index (χ4v) is 5.13. The molecule has 2 fully saturated rings. The quantitative estimate of drug-likeness (QED) is 0.508. The molecular formula is C27H34ClN3O2. The molecule has 0 saturated carbocycles. The Morgan fingerprint density at radius 3 is 2.48 bits per heavy atom. The van der Waals surface area contributed by atoms with Crippen molar-refractivity contribution in [1.82, 2.24) is 4.90 Å². The van der Waals surface area contributed by atoms with E-state index in [9.17, 15) is 5.11 Å². The van der Waals surface area contributed by atoms with Crippen molar-refractivity contribution < 1.29 is 9.84 Å². The van der Waals surface area contributed by atoms with Crippen LogP contribution in [0.1, 0.15) is 49.7 Å². The monoisotopic (exact) mass is 467 g/mol. The third-order valence-corrected chi connectivity index (χ3v) is 7.33. The van der Waals surface area contributed by atoms with Crippen molar-refractivity contribution in [2.75, 3.05) is 37.7 Å². The van der Waals surface area contributed by atoms with Crippen LogP contribution in [0, 0.1) is 13.5 Å². The number of likely N-dealkylation sites (tertiary alicyclic amines) is 1. The summed E-state index contributed by atoms with van der Waals surface area (Å²) in [5, 5.41) is 11.5. The number of piperidine rings is 2. The lowest BCUT2D eigenvalue weighted by atomic mass is 9.88. The van der Waals surface area contributed by atoms with Crippen LogP contribution < -0.4 is 9.64 Å². The first-order valence-corrected chi connectivity index (χ1v) is 12.4. The van der Waals surface area contributed by atoms with Crippen molar-refractivity contribution >= 4 is 23.0 Å². The second kappa shape index (κ2) is 10.8. The van der Waals surface area contributed by atoms with E-state index in [0.29, 0.717) is 36.6 Å². The van der Waals surface area contributed by atoms with E-state index in [0.717, 1.165) is 36.6 Å². The Balaban J connectivity index is 1.25. The van der Waals surface area contributed by atoms with Gasteiger partial charge in [-0.2, -0.15) is 0 Å². The molecule has 5 nitrogen and oxygen atoms in total. The minimum absolute atomic E-state index is 0.473. The van der Waals surface area contributed by atoms with E-state index in [2.05, 4.69) is 39.8 Å². The predicted octanol–water partition coefficient (Wildman–Crippen LogP) is 5.99. The van der Waals surface area contributed by atoms with E-state index in [1.807, 2.05) is 12.1 Å². The van der Waals surface area contributed by atoms with Gasteiger partial charge in [0.2, 0.25) is 5.69 Å². The van der Waals surface area contributed by atoms with Crippen LogP contribution in [0.25, 0.3) is 4.85 Å². The Labute approximate surface area is 202 Å². The lowest BCUT2D eigenvalue weighted by molar-refractivity contribution is -0.00273. The molecule has 4 rings (SSSR count). The van der Waals surface area contributed by atoms with Crippen LogP contribution in [-0.4, -0.2) is 48.4 Å². The van der Waals surface area contributed by atoms with Gasteiger partial charge in [-0.25, -0.2) is 4.85 Å². The van der Waals surface area contributed by atoms with Gasteiger partial charge in [0.05, 0.1) is 18.8 Å². The van der Waals surface area contributed by atoms with E-state index < -0.39 is 5.60 Å². The van der Waals surface area contributed by atoms with Crippen LogP contribution in [0.5, 0.6) is 5.75 Å². The standard InChI is InChI=1S/C27H34ClN3O2/c1-21-18-22(20-30-13-4-3-5-14-30)6-9-26(21)33-17-12-27(32)10-15-31(16-11-27)23-7-8-25(29-2)24(28)19-23/h6-9,18-19,32H,3-5,10-17,20H2,1H3. The third-order valence-electron chi connectivity index (χ3n) is 7.03. The topological polar surface area (TPSA) is 40.3 Å². The van der Waals surface area contributed by atoms with Crippen molar-refractivity contribution in [3.63, 3.8) is 0 Å². The number of benzene rings is 2. The second-order valence-electron chi connectivity index (χ2n) is 9.49. The van der Waals surface area contributed by atoms with Gasteiger partial charge in [0, 0.05) is 36.8 Å². The Bertz CT molecular complexity index is 989. The first kappa shape index (κ1) is 23.9. The van der Waals surface area contributed by atoms with Crippen LogP contribution >= 0.6 is 11.6 Å². The van der Waals surface area contributed by atoms with Crippen molar-refractivity contribution in [3.05, 3.63) is 64.0 Å². The number of aliphatic hydroxyl groups is 1. The Morgan fingerprint density at radius 2 is 1.82 bits per heavy atom. The molecule has 2 aliphatic heterocycles. The lowest BCUT2D eigenvalue weighted by Crippen LogP contribution is -2.45. The average Bonchev–Trinajstić information content (AvgIpc) is 2.81. The summed E-state index contributed by atoms with van der Waals surface area (Å²) >= 11 is 6.19. The summed E-state index contributed by atoms with van der Waals surface area (Å²) in [6, 6.07) is 12.0. The summed E-state index contributed by atoms with van der Waals surface area (Å²) in [6.07, 6.45) is 5.97. The number of hydrogen-bond donors (Lipinski definition) is 1. The van der Waals surface area contributed by atoms with E-state index >= 15 is 0 Å². The molecule has 6 heteroatoms. The number of halogens is 1. The Hall–Kier alpha value is -2.26. The van der Waals surface area contributed by atoms with Crippen molar-refractivity contribution in [1.29, 1.82) is 0 Å². The summed E-state index contributed by atoms with van der Waals surface area (Å²) in [5.74, 6) is 0.910. The molecule has 0 bridgehead atoms. The smallest absolute Gasteiger partial charge is 0.205 e. The largest absolute Gasteiger partial charge is 0.493 e. The average molecular weight is 468 g/mol. The van der Waals surface area contributed by atoms with E-state index in [-0.39, 0.29) is 0 Å². The van der Waals surface area contributed by atoms with Gasteiger partial charge >= 0.3 is 0 Å². The second-order valence-corrected chi connectivity index (χ2v) is 9.90. The van der Waals surface area contributed by atoms with Crippen LogP contribution in [0.4, 0.5) is 11.4 Å². The van der Waals surface area contributed by atoms with Crippen LogP contribution in [0.15, 0.2) is 36.4 Å². The molecule has 33 heavy (non-hydrogen) atoms. The van der Waals surface area contributed by atoms with Crippen LogP contribution in [0.3, 0.4) is 0 Å². The van der Waals surface area contributed by atoms with Gasteiger partial charge in [0.1, 0.15) is 5.75 Å². The minimum atomic E-state index is -0.709. The minimum Gasteiger partial charge on any atom is -0.493 e. The van der Waals surface area contributed by atoms with Gasteiger partial charge in [-0.15, -0.1) is 0 Å². The van der Waals surface area contributed by atoms with Crippen molar-refractivity contribution in [2.45, 2.75) is 57.6 Å². The summed E-state index contributed by atoms with van der Waals surface area (Å²) < 4.78 is 6.07. The molecule has 2 aromatic rings. The molecule has 0 amide bonds. The van der Waals surface area contributed by atoms with Gasteiger partial charge in [-0.3, -0.25) is 4.90 Å². The first-order valence-electron chi connectivity index (χ1n) is 12.0. The van der Waals surface area contributed by atoms with Gasteiger partial charge in [-0.1, -0.05) is 36.2 Å². The molecular weight excluding hydrogens is 434 g/mol. The molecule has 0 aliphatic carbocycles. The zero-order valence-electron chi connectivity index (χ0n) is 19.5. The number of nitrogens with zero attached hydrogens (tertiary/aromatic N) is 3. The highest BCUT2D eigenvalue weighted by molar-refractivity contribution is 6.33.